The number of fused-ring (bicyclic) bond motifs is 3. The summed E-state index contributed by atoms with van der Waals surface area (Å²) in [7, 11) is 0. The smallest absolute Gasteiger partial charge is 0.340 e. The van der Waals surface area contributed by atoms with Gasteiger partial charge in [0.25, 0.3) is 0 Å². The first-order valence-corrected chi connectivity index (χ1v) is 11.4. The topological polar surface area (TPSA) is 93.1 Å². The fraction of sp³-hybridized carbons (Fsp3) is 0.680. The number of carbonyl (C=O) groups excluding carboxylic acids is 2. The van der Waals surface area contributed by atoms with Crippen molar-refractivity contribution in [3.63, 3.8) is 0 Å². The standard InChI is InChI=1S/C25H36O6/c1-14(2)18-12-17-8-9-21-24(5,20(17)13-19(18)22(28)30-15(3)26)10-7-11-25(21,6)23(29)31-16(4)27/h12-16,21,26-27H,7-11H2,1-6H3. The van der Waals surface area contributed by atoms with Gasteiger partial charge in [-0.25, -0.2) is 4.79 Å². The Morgan fingerprint density at radius 3 is 2.26 bits per heavy atom. The highest BCUT2D eigenvalue weighted by atomic mass is 16.6. The first kappa shape index (κ1) is 23.7. The van der Waals surface area contributed by atoms with E-state index in [-0.39, 0.29) is 23.2 Å². The summed E-state index contributed by atoms with van der Waals surface area (Å²) >= 11 is 0. The van der Waals surface area contributed by atoms with Gasteiger partial charge in [-0.1, -0.05) is 33.3 Å². The van der Waals surface area contributed by atoms with Gasteiger partial charge in [0.1, 0.15) is 0 Å². The molecule has 0 heterocycles. The lowest BCUT2D eigenvalue weighted by molar-refractivity contribution is -0.185. The molecule has 6 heteroatoms. The quantitative estimate of drug-likeness (QED) is 0.535. The van der Waals surface area contributed by atoms with E-state index in [1.54, 1.807) is 0 Å². The molecule has 1 saturated carbocycles. The minimum absolute atomic E-state index is 0.0398. The van der Waals surface area contributed by atoms with Gasteiger partial charge in [0.15, 0.2) is 12.6 Å². The molecule has 172 valence electrons. The Morgan fingerprint density at radius 2 is 1.68 bits per heavy atom. The summed E-state index contributed by atoms with van der Waals surface area (Å²) in [4.78, 5) is 25.8. The van der Waals surface area contributed by atoms with Gasteiger partial charge in [0, 0.05) is 0 Å². The number of ether oxygens (including phenoxy) is 2. The van der Waals surface area contributed by atoms with Crippen LogP contribution in [0.15, 0.2) is 12.1 Å². The summed E-state index contributed by atoms with van der Waals surface area (Å²) in [6, 6.07) is 4.05. The zero-order chi connectivity index (χ0) is 23.1. The molecule has 5 atom stereocenters. The van der Waals surface area contributed by atoms with Crippen molar-refractivity contribution >= 4 is 11.9 Å². The zero-order valence-corrected chi connectivity index (χ0v) is 19.5. The third-order valence-electron chi connectivity index (χ3n) is 7.39. The minimum atomic E-state index is -1.18. The van der Waals surface area contributed by atoms with Gasteiger partial charge in [-0.05, 0) is 86.5 Å². The lowest BCUT2D eigenvalue weighted by Crippen LogP contribution is -2.53. The van der Waals surface area contributed by atoms with Crippen molar-refractivity contribution in [2.45, 2.75) is 97.6 Å². The molecular weight excluding hydrogens is 396 g/mol. The Hall–Kier alpha value is -1.92. The number of hydrogen-bond acceptors (Lipinski definition) is 6. The largest absolute Gasteiger partial charge is 0.436 e. The maximum absolute atomic E-state index is 13.0. The van der Waals surface area contributed by atoms with Crippen molar-refractivity contribution in [1.29, 1.82) is 0 Å². The predicted molar refractivity (Wildman–Crippen MR) is 117 cm³/mol. The Bertz CT molecular complexity index is 858. The number of rotatable bonds is 5. The molecule has 0 aliphatic heterocycles. The number of aliphatic hydroxyl groups excluding tert-OH is 2. The summed E-state index contributed by atoms with van der Waals surface area (Å²) in [5.74, 6) is -0.711. The second kappa shape index (κ2) is 8.55. The van der Waals surface area contributed by atoms with Gasteiger partial charge in [-0.15, -0.1) is 0 Å². The zero-order valence-electron chi connectivity index (χ0n) is 19.5. The Morgan fingerprint density at radius 1 is 1.03 bits per heavy atom. The van der Waals surface area contributed by atoms with E-state index < -0.39 is 24.0 Å². The second-order valence-corrected chi connectivity index (χ2v) is 10.0. The van der Waals surface area contributed by atoms with Crippen LogP contribution in [-0.4, -0.2) is 34.7 Å². The normalized spacial score (nSPS) is 29.5. The molecule has 1 aromatic rings. The molecule has 2 aliphatic rings. The van der Waals surface area contributed by atoms with E-state index in [0.29, 0.717) is 5.56 Å². The van der Waals surface area contributed by atoms with Crippen molar-refractivity contribution in [3.05, 3.63) is 34.4 Å². The minimum Gasteiger partial charge on any atom is -0.436 e. The highest BCUT2D eigenvalue weighted by molar-refractivity contribution is 5.92. The predicted octanol–water partition coefficient (Wildman–Crippen LogP) is 4.20. The summed E-state index contributed by atoms with van der Waals surface area (Å²) in [5.41, 5.74) is 2.70. The van der Waals surface area contributed by atoms with Crippen molar-refractivity contribution in [2.24, 2.45) is 11.3 Å². The molecule has 31 heavy (non-hydrogen) atoms. The monoisotopic (exact) mass is 432 g/mol. The highest BCUT2D eigenvalue weighted by Crippen LogP contribution is 2.58. The van der Waals surface area contributed by atoms with Crippen LogP contribution >= 0.6 is 0 Å². The maximum atomic E-state index is 13.0. The average molecular weight is 433 g/mol. The van der Waals surface area contributed by atoms with Crippen molar-refractivity contribution in [1.82, 2.24) is 0 Å². The van der Waals surface area contributed by atoms with Gasteiger partial charge in [-0.2, -0.15) is 0 Å². The molecule has 0 aromatic heterocycles. The maximum Gasteiger partial charge on any atom is 0.340 e. The van der Waals surface area contributed by atoms with Crippen LogP contribution in [0.5, 0.6) is 0 Å². The number of carbonyl (C=O) groups is 2. The number of benzene rings is 1. The van der Waals surface area contributed by atoms with Crippen LogP contribution in [0.25, 0.3) is 0 Å². The molecule has 6 nitrogen and oxygen atoms in total. The van der Waals surface area contributed by atoms with Crippen LogP contribution in [0.3, 0.4) is 0 Å². The molecule has 1 fully saturated rings. The van der Waals surface area contributed by atoms with Gasteiger partial charge >= 0.3 is 11.9 Å². The molecule has 2 N–H and O–H groups in total. The molecule has 0 bridgehead atoms. The molecule has 3 rings (SSSR count). The molecule has 0 saturated heterocycles. The van der Waals surface area contributed by atoms with Crippen LogP contribution in [-0.2, 0) is 26.1 Å². The van der Waals surface area contributed by atoms with Crippen LogP contribution < -0.4 is 0 Å². The Balaban J connectivity index is 2.10. The van der Waals surface area contributed by atoms with E-state index in [1.165, 1.54) is 19.4 Å². The summed E-state index contributed by atoms with van der Waals surface area (Å²) in [6.45, 7) is 11.1. The van der Waals surface area contributed by atoms with Gasteiger partial charge in [0.05, 0.1) is 11.0 Å². The van der Waals surface area contributed by atoms with Gasteiger partial charge in [0.2, 0.25) is 0 Å². The lowest BCUT2D eigenvalue weighted by atomic mass is 9.49. The van der Waals surface area contributed by atoms with Crippen molar-refractivity contribution in [2.75, 3.05) is 0 Å². The highest BCUT2D eigenvalue weighted by Gasteiger charge is 2.56. The molecule has 2 aliphatic carbocycles. The molecule has 0 radical (unpaired) electrons. The fourth-order valence-electron chi connectivity index (χ4n) is 5.94. The summed E-state index contributed by atoms with van der Waals surface area (Å²) in [5, 5.41) is 19.2. The van der Waals surface area contributed by atoms with E-state index in [4.69, 9.17) is 9.47 Å². The van der Waals surface area contributed by atoms with E-state index in [2.05, 4.69) is 13.0 Å². The van der Waals surface area contributed by atoms with Crippen molar-refractivity contribution in [3.8, 4) is 0 Å². The van der Waals surface area contributed by atoms with Crippen molar-refractivity contribution < 1.29 is 29.3 Å². The van der Waals surface area contributed by atoms with E-state index in [0.717, 1.165) is 43.2 Å². The summed E-state index contributed by atoms with van der Waals surface area (Å²) in [6.07, 6.45) is 1.84. The SMILES string of the molecule is CC(O)OC(=O)c1cc2c(cc1C(C)C)CCC1C(C)(C(=O)OC(C)O)CCCC21C. The Labute approximate surface area is 184 Å². The molecular formula is C25H36O6. The molecule has 0 amide bonds. The number of aryl methyl sites for hydroxylation is 1. The molecule has 1 aromatic carbocycles. The van der Waals surface area contributed by atoms with Crippen LogP contribution in [0, 0.1) is 11.3 Å². The first-order valence-electron chi connectivity index (χ1n) is 11.4. The van der Waals surface area contributed by atoms with E-state index in [1.807, 2.05) is 26.8 Å². The Kier molecular flexibility index (Phi) is 6.55. The lowest BCUT2D eigenvalue weighted by Gasteiger charge is -2.54. The second-order valence-electron chi connectivity index (χ2n) is 10.0. The van der Waals surface area contributed by atoms with Gasteiger partial charge in [-0.3, -0.25) is 4.79 Å². The van der Waals surface area contributed by atoms with E-state index in [9.17, 15) is 19.8 Å². The first-order chi connectivity index (χ1) is 14.4. The third-order valence-corrected chi connectivity index (χ3v) is 7.39. The average Bonchev–Trinajstić information content (AvgIpc) is 2.65. The van der Waals surface area contributed by atoms with Crippen LogP contribution in [0.1, 0.15) is 100 Å². The van der Waals surface area contributed by atoms with Crippen LogP contribution in [0.2, 0.25) is 0 Å². The molecule has 0 spiro atoms. The number of aliphatic hydroxyl groups is 2. The summed E-state index contributed by atoms with van der Waals surface area (Å²) < 4.78 is 10.4. The van der Waals surface area contributed by atoms with Crippen LogP contribution in [0.4, 0.5) is 0 Å². The van der Waals surface area contributed by atoms with Gasteiger partial charge < -0.3 is 19.7 Å². The number of hydrogen-bond donors (Lipinski definition) is 2. The number of esters is 2. The molecule has 5 unspecified atom stereocenters. The van der Waals surface area contributed by atoms with E-state index >= 15 is 0 Å². The fourth-order valence-corrected chi connectivity index (χ4v) is 5.94. The third kappa shape index (κ3) is 4.24.